The average molecular weight is 338 g/mol. The molecule has 0 radical (unpaired) electrons. The molecule has 0 unspecified atom stereocenters. The fraction of sp³-hybridized carbons (Fsp3) is 0. The second-order valence-corrected chi connectivity index (χ2v) is 6.01. The molecule has 1 heterocycles. The monoisotopic (exact) mass is 338 g/mol. The number of fused-ring (bicyclic) bond motifs is 2. The van der Waals surface area contributed by atoms with Crippen LogP contribution in [0.25, 0.3) is 32.8 Å². The first kappa shape index (κ1) is 15.8. The molecule has 0 atom stereocenters. The molecular weight excluding hydrogens is 320 g/mol. The molecule has 0 saturated carbocycles. The number of benzene rings is 3. The molecule has 4 aromatic rings. The maximum absolute atomic E-state index is 5.87. The summed E-state index contributed by atoms with van der Waals surface area (Å²) in [5.41, 5.74) is 13.2. The molecule has 0 spiro atoms. The first-order valence-electron chi connectivity index (χ1n) is 8.36. The summed E-state index contributed by atoms with van der Waals surface area (Å²) >= 11 is 0. The van der Waals surface area contributed by atoms with Gasteiger partial charge in [-0.05, 0) is 40.6 Å². The second kappa shape index (κ2) is 6.69. The van der Waals surface area contributed by atoms with Crippen molar-refractivity contribution in [3.63, 3.8) is 0 Å². The summed E-state index contributed by atoms with van der Waals surface area (Å²) in [7, 11) is 0. The number of nitrogens with two attached hydrogens (primary N) is 2. The molecule has 0 saturated heterocycles. The molecule has 126 valence electrons. The lowest BCUT2D eigenvalue weighted by molar-refractivity contribution is 1.29. The number of hydrogen-bond acceptors (Lipinski definition) is 3. The zero-order valence-corrected chi connectivity index (χ0v) is 14.1. The predicted molar refractivity (Wildman–Crippen MR) is 109 cm³/mol. The predicted octanol–water partition coefficient (Wildman–Crippen LogP) is 4.52. The highest BCUT2D eigenvalue weighted by Gasteiger charge is 2.09. The summed E-state index contributed by atoms with van der Waals surface area (Å²) in [6, 6.07) is 24.7. The summed E-state index contributed by atoms with van der Waals surface area (Å²) in [5.74, 6) is 0.877. The standard InChI is InChI=1S/C22H18N4/c23-12-11-20(24)25-21-14-17-7-3-4-8-19(17)22(26-21)18-10-9-15-5-1-2-6-16(15)13-18/h1-14H,23H2,(H2,24,25,26)/b12-11-. The van der Waals surface area contributed by atoms with E-state index >= 15 is 0 Å². The van der Waals surface area contributed by atoms with Crippen LogP contribution < -0.4 is 11.5 Å². The molecule has 4 N–H and O–H groups in total. The zero-order valence-electron chi connectivity index (χ0n) is 14.1. The van der Waals surface area contributed by atoms with Crippen molar-refractivity contribution >= 4 is 33.2 Å². The van der Waals surface area contributed by atoms with Crippen molar-refractivity contribution in [3.8, 4) is 11.3 Å². The van der Waals surface area contributed by atoms with Crippen molar-refractivity contribution in [1.82, 2.24) is 4.98 Å². The molecule has 0 fully saturated rings. The van der Waals surface area contributed by atoms with Crippen molar-refractivity contribution < 1.29 is 0 Å². The maximum atomic E-state index is 5.87. The van der Waals surface area contributed by atoms with E-state index < -0.39 is 0 Å². The van der Waals surface area contributed by atoms with Crippen LogP contribution in [0, 0.1) is 0 Å². The molecule has 0 aliphatic heterocycles. The van der Waals surface area contributed by atoms with E-state index in [1.807, 2.05) is 30.3 Å². The third-order valence-corrected chi connectivity index (χ3v) is 4.26. The smallest absolute Gasteiger partial charge is 0.155 e. The summed E-state index contributed by atoms with van der Waals surface area (Å²) < 4.78 is 0. The minimum atomic E-state index is 0.319. The van der Waals surface area contributed by atoms with E-state index in [1.165, 1.54) is 17.0 Å². The number of nitrogens with zero attached hydrogens (tertiary/aromatic N) is 2. The van der Waals surface area contributed by atoms with Gasteiger partial charge in [0, 0.05) is 10.9 Å². The van der Waals surface area contributed by atoms with E-state index in [-0.39, 0.29) is 0 Å². The third kappa shape index (κ3) is 3.00. The second-order valence-electron chi connectivity index (χ2n) is 6.01. The van der Waals surface area contributed by atoms with Gasteiger partial charge < -0.3 is 11.5 Å². The average Bonchev–Trinajstić information content (AvgIpc) is 2.67. The maximum Gasteiger partial charge on any atom is 0.155 e. The fourth-order valence-electron chi connectivity index (χ4n) is 3.07. The van der Waals surface area contributed by atoms with E-state index in [2.05, 4.69) is 47.5 Å². The van der Waals surface area contributed by atoms with Crippen molar-refractivity contribution in [2.75, 3.05) is 0 Å². The molecule has 3 aromatic carbocycles. The van der Waals surface area contributed by atoms with E-state index in [0.717, 1.165) is 22.0 Å². The van der Waals surface area contributed by atoms with Gasteiger partial charge in [-0.15, -0.1) is 0 Å². The Morgan fingerprint density at radius 2 is 1.58 bits per heavy atom. The molecule has 1 aromatic heterocycles. The van der Waals surface area contributed by atoms with Crippen molar-refractivity contribution in [1.29, 1.82) is 0 Å². The molecule has 4 nitrogen and oxygen atoms in total. The highest BCUT2D eigenvalue weighted by Crippen LogP contribution is 2.31. The minimum Gasteiger partial charge on any atom is -0.404 e. The Hall–Kier alpha value is -3.66. The Labute approximate surface area is 151 Å². The van der Waals surface area contributed by atoms with Crippen molar-refractivity contribution in [2.24, 2.45) is 16.5 Å². The highest BCUT2D eigenvalue weighted by molar-refractivity contribution is 5.99. The van der Waals surface area contributed by atoms with Gasteiger partial charge in [0.1, 0.15) is 5.84 Å². The molecule has 0 aliphatic carbocycles. The topological polar surface area (TPSA) is 77.3 Å². The number of rotatable bonds is 3. The van der Waals surface area contributed by atoms with Crippen molar-refractivity contribution in [2.45, 2.75) is 0 Å². The van der Waals surface area contributed by atoms with Crippen molar-refractivity contribution in [3.05, 3.63) is 85.1 Å². The van der Waals surface area contributed by atoms with Gasteiger partial charge in [-0.25, -0.2) is 9.98 Å². The van der Waals surface area contributed by atoms with Gasteiger partial charge in [-0.3, -0.25) is 0 Å². The van der Waals surface area contributed by atoms with E-state index in [1.54, 1.807) is 6.08 Å². The Kier molecular flexibility index (Phi) is 4.07. The number of aliphatic imine (C=N–C) groups is 1. The first-order valence-corrected chi connectivity index (χ1v) is 8.36. The van der Waals surface area contributed by atoms with E-state index in [0.29, 0.717) is 11.7 Å². The van der Waals surface area contributed by atoms with Crippen LogP contribution in [0.5, 0.6) is 0 Å². The molecule has 0 aliphatic rings. The molecular formula is C22H18N4. The van der Waals surface area contributed by atoms with E-state index in [9.17, 15) is 0 Å². The van der Waals surface area contributed by atoms with Gasteiger partial charge in [0.05, 0.1) is 5.69 Å². The lowest BCUT2D eigenvalue weighted by Crippen LogP contribution is -2.07. The summed E-state index contributed by atoms with van der Waals surface area (Å²) in [6.07, 6.45) is 2.91. The van der Waals surface area contributed by atoms with Gasteiger partial charge >= 0.3 is 0 Å². The highest BCUT2D eigenvalue weighted by atomic mass is 15.0. The molecule has 0 amide bonds. The Bertz CT molecular complexity index is 1160. The van der Waals surface area contributed by atoms with Crippen LogP contribution in [0.2, 0.25) is 0 Å². The number of pyridine rings is 1. The fourth-order valence-corrected chi connectivity index (χ4v) is 3.07. The van der Waals surface area contributed by atoms with E-state index in [4.69, 9.17) is 16.5 Å². The zero-order chi connectivity index (χ0) is 17.9. The Morgan fingerprint density at radius 1 is 0.846 bits per heavy atom. The van der Waals surface area contributed by atoms with Gasteiger partial charge in [-0.1, -0.05) is 60.7 Å². The first-order chi connectivity index (χ1) is 12.7. The normalized spacial score (nSPS) is 12.2. The van der Waals surface area contributed by atoms with Crippen LogP contribution >= 0.6 is 0 Å². The van der Waals surface area contributed by atoms with Gasteiger partial charge in [0.15, 0.2) is 5.82 Å². The Balaban J connectivity index is 1.95. The van der Waals surface area contributed by atoms with Crippen LogP contribution in [-0.4, -0.2) is 10.8 Å². The molecule has 26 heavy (non-hydrogen) atoms. The third-order valence-electron chi connectivity index (χ3n) is 4.26. The lowest BCUT2D eigenvalue weighted by atomic mass is 10.0. The SMILES string of the molecule is N/C=C\C(N)=N/c1cc2ccccc2c(-c2ccc3ccccc3c2)n1. The van der Waals surface area contributed by atoms with Gasteiger partial charge in [-0.2, -0.15) is 0 Å². The lowest BCUT2D eigenvalue weighted by Gasteiger charge is -2.09. The Morgan fingerprint density at radius 3 is 2.38 bits per heavy atom. The van der Waals surface area contributed by atoms with Gasteiger partial charge in [0.2, 0.25) is 0 Å². The molecule has 0 bridgehead atoms. The van der Waals surface area contributed by atoms with Crippen LogP contribution in [-0.2, 0) is 0 Å². The molecule has 4 rings (SSSR count). The summed E-state index contributed by atoms with van der Waals surface area (Å²) in [4.78, 5) is 9.12. The number of amidine groups is 1. The van der Waals surface area contributed by atoms with Gasteiger partial charge in [0.25, 0.3) is 0 Å². The number of hydrogen-bond donors (Lipinski definition) is 2. The van der Waals surface area contributed by atoms with Crippen LogP contribution in [0.15, 0.2) is 90.1 Å². The van der Waals surface area contributed by atoms with Crippen LogP contribution in [0.1, 0.15) is 0 Å². The van der Waals surface area contributed by atoms with Crippen LogP contribution in [0.4, 0.5) is 5.82 Å². The number of aromatic nitrogens is 1. The largest absolute Gasteiger partial charge is 0.404 e. The minimum absolute atomic E-state index is 0.319. The molecule has 4 heteroatoms. The van der Waals surface area contributed by atoms with Crippen LogP contribution in [0.3, 0.4) is 0 Å². The summed E-state index contributed by atoms with van der Waals surface area (Å²) in [6.45, 7) is 0. The quantitative estimate of drug-likeness (QED) is 0.426. The summed E-state index contributed by atoms with van der Waals surface area (Å²) in [5, 5.41) is 4.52.